The van der Waals surface area contributed by atoms with E-state index in [2.05, 4.69) is 4.98 Å². The van der Waals surface area contributed by atoms with Crippen LogP contribution in [-0.4, -0.2) is 26.9 Å². The molecule has 5 nitrogen and oxygen atoms in total. The van der Waals surface area contributed by atoms with Crippen LogP contribution in [-0.2, 0) is 19.4 Å². The summed E-state index contributed by atoms with van der Waals surface area (Å²) in [6.45, 7) is 3.17. The number of halogens is 6. The first-order valence-electron chi connectivity index (χ1n) is 10.4. The van der Waals surface area contributed by atoms with Crippen molar-refractivity contribution in [2.45, 2.75) is 38.7 Å². The lowest BCUT2D eigenvalue weighted by Crippen LogP contribution is -2.38. The summed E-state index contributed by atoms with van der Waals surface area (Å²) in [6, 6.07) is 6.43. The summed E-state index contributed by atoms with van der Waals surface area (Å²) in [5, 5.41) is 0.339. The molecule has 0 radical (unpaired) electrons. The minimum absolute atomic E-state index is 0.0288. The first-order valence-corrected chi connectivity index (χ1v) is 10.4. The van der Waals surface area contributed by atoms with Crippen molar-refractivity contribution < 1.29 is 31.1 Å². The average molecular weight is 485 g/mol. The smallest absolute Gasteiger partial charge is 0.329 e. The molecule has 0 aliphatic heterocycles. The van der Waals surface area contributed by atoms with Crippen LogP contribution in [0.25, 0.3) is 10.9 Å². The molecule has 3 rings (SSSR count). The van der Waals surface area contributed by atoms with Gasteiger partial charge in [0.05, 0.1) is 28.1 Å². The van der Waals surface area contributed by atoms with Gasteiger partial charge >= 0.3 is 12.4 Å². The number of carbonyl (C=O) groups is 1. The minimum Gasteiger partial charge on any atom is -0.329 e. The number of benzene rings is 2. The third-order valence-electron chi connectivity index (χ3n) is 5.51. The average Bonchev–Trinajstić information content (AvgIpc) is 2.78. The highest BCUT2D eigenvalue weighted by Gasteiger charge is 2.38. The Bertz CT molecular complexity index is 1250. The van der Waals surface area contributed by atoms with Crippen LogP contribution in [0.15, 0.2) is 47.3 Å². The molecule has 0 N–H and O–H groups in total. The number of hydrogen-bond donors (Lipinski definition) is 0. The molecule has 182 valence electrons. The Morgan fingerprint density at radius 2 is 1.56 bits per heavy atom. The molecule has 0 saturated carbocycles. The van der Waals surface area contributed by atoms with Gasteiger partial charge in [0.25, 0.3) is 11.5 Å². The van der Waals surface area contributed by atoms with Gasteiger partial charge in [0.15, 0.2) is 0 Å². The largest absolute Gasteiger partial charge is 0.416 e. The van der Waals surface area contributed by atoms with Crippen LogP contribution in [0.2, 0.25) is 0 Å². The SMILES string of the molecule is CCC(c1nc2ccccc2c(=O)n1C)N(CC)C(=O)c1cc(C(F)(F)F)cc(C(F)(F)F)c1. The molecule has 1 unspecified atom stereocenters. The quantitative estimate of drug-likeness (QED) is 0.443. The monoisotopic (exact) mass is 485 g/mol. The number of carbonyl (C=O) groups excluding carboxylic acids is 1. The highest BCUT2D eigenvalue weighted by molar-refractivity contribution is 5.95. The van der Waals surface area contributed by atoms with Gasteiger partial charge in [0, 0.05) is 19.2 Å². The Morgan fingerprint density at radius 1 is 1.00 bits per heavy atom. The van der Waals surface area contributed by atoms with Crippen LogP contribution in [0.1, 0.15) is 53.6 Å². The molecule has 0 aliphatic rings. The van der Waals surface area contributed by atoms with Crippen molar-refractivity contribution in [2.75, 3.05) is 6.54 Å². The second kappa shape index (κ2) is 9.11. The molecule has 1 aromatic heterocycles. The Balaban J connectivity index is 2.15. The summed E-state index contributed by atoms with van der Waals surface area (Å²) in [5.74, 6) is -0.863. The molecular formula is C23H21F6N3O2. The zero-order chi connectivity index (χ0) is 25.4. The molecule has 0 spiro atoms. The van der Waals surface area contributed by atoms with E-state index < -0.39 is 41.0 Å². The van der Waals surface area contributed by atoms with E-state index in [1.807, 2.05) is 0 Å². The standard InChI is InChI=1S/C23H21F6N3O2/c1-4-18(19-30-17-9-7-6-8-16(17)21(34)31(19)3)32(5-2)20(33)13-10-14(22(24,25)26)12-15(11-13)23(27,28)29/h6-12,18H,4-5H2,1-3H3. The summed E-state index contributed by atoms with van der Waals surface area (Å²) >= 11 is 0. The van der Waals surface area contributed by atoms with Crippen LogP contribution < -0.4 is 5.56 Å². The Hall–Kier alpha value is -3.37. The second-order valence-electron chi connectivity index (χ2n) is 7.66. The van der Waals surface area contributed by atoms with Gasteiger partial charge in [0.1, 0.15) is 5.82 Å². The van der Waals surface area contributed by atoms with Gasteiger partial charge in [-0.3, -0.25) is 14.2 Å². The van der Waals surface area contributed by atoms with Gasteiger partial charge in [0.2, 0.25) is 0 Å². The van der Waals surface area contributed by atoms with E-state index in [0.29, 0.717) is 23.0 Å². The van der Waals surface area contributed by atoms with Crippen molar-refractivity contribution in [1.29, 1.82) is 0 Å². The topological polar surface area (TPSA) is 55.2 Å². The minimum atomic E-state index is -5.08. The maximum Gasteiger partial charge on any atom is 0.416 e. The molecule has 0 aliphatic carbocycles. The fourth-order valence-electron chi connectivity index (χ4n) is 3.83. The van der Waals surface area contributed by atoms with E-state index in [-0.39, 0.29) is 30.4 Å². The number of fused-ring (bicyclic) bond motifs is 1. The number of alkyl halides is 6. The van der Waals surface area contributed by atoms with E-state index in [0.717, 1.165) is 4.90 Å². The van der Waals surface area contributed by atoms with Crippen molar-refractivity contribution in [3.05, 3.63) is 75.3 Å². The van der Waals surface area contributed by atoms with Gasteiger partial charge in [-0.1, -0.05) is 19.1 Å². The molecule has 1 heterocycles. The van der Waals surface area contributed by atoms with Crippen molar-refractivity contribution in [3.8, 4) is 0 Å². The van der Waals surface area contributed by atoms with E-state index in [4.69, 9.17) is 0 Å². The fourth-order valence-corrected chi connectivity index (χ4v) is 3.83. The molecule has 0 bridgehead atoms. The molecule has 1 atom stereocenters. The predicted octanol–water partition coefficient (Wildman–Crippen LogP) is 5.58. The lowest BCUT2D eigenvalue weighted by atomic mass is 10.0. The molecule has 11 heteroatoms. The third-order valence-corrected chi connectivity index (χ3v) is 5.51. The molecule has 34 heavy (non-hydrogen) atoms. The Labute approximate surface area is 190 Å². The number of aromatic nitrogens is 2. The van der Waals surface area contributed by atoms with Crippen LogP contribution in [0.5, 0.6) is 0 Å². The van der Waals surface area contributed by atoms with Gasteiger partial charge in [-0.15, -0.1) is 0 Å². The molecular weight excluding hydrogens is 464 g/mol. The summed E-state index contributed by atoms with van der Waals surface area (Å²) in [4.78, 5) is 31.6. The van der Waals surface area contributed by atoms with Crippen LogP contribution in [0, 0.1) is 0 Å². The summed E-state index contributed by atoms with van der Waals surface area (Å²) in [5.41, 5.74) is -3.94. The lowest BCUT2D eigenvalue weighted by Gasteiger charge is -2.31. The molecule has 3 aromatic rings. The number of nitrogens with zero attached hydrogens (tertiary/aromatic N) is 3. The third kappa shape index (κ3) is 4.78. The van der Waals surface area contributed by atoms with Gasteiger partial charge in [-0.05, 0) is 43.7 Å². The van der Waals surface area contributed by atoms with Gasteiger partial charge in [-0.2, -0.15) is 26.3 Å². The van der Waals surface area contributed by atoms with Gasteiger partial charge < -0.3 is 4.90 Å². The van der Waals surface area contributed by atoms with Crippen molar-refractivity contribution in [3.63, 3.8) is 0 Å². The second-order valence-corrected chi connectivity index (χ2v) is 7.66. The van der Waals surface area contributed by atoms with Crippen molar-refractivity contribution in [2.24, 2.45) is 7.05 Å². The first-order chi connectivity index (χ1) is 15.8. The first kappa shape index (κ1) is 25.3. The van der Waals surface area contributed by atoms with Crippen LogP contribution in [0.3, 0.4) is 0 Å². The number of amides is 1. The highest BCUT2D eigenvalue weighted by atomic mass is 19.4. The lowest BCUT2D eigenvalue weighted by molar-refractivity contribution is -0.143. The van der Waals surface area contributed by atoms with Gasteiger partial charge in [-0.25, -0.2) is 4.98 Å². The normalized spacial score (nSPS) is 13.2. The Kier molecular flexibility index (Phi) is 6.77. The van der Waals surface area contributed by atoms with E-state index in [9.17, 15) is 35.9 Å². The molecule has 0 fully saturated rings. The summed E-state index contributed by atoms with van der Waals surface area (Å²) < 4.78 is 80.9. The number of hydrogen-bond acceptors (Lipinski definition) is 3. The van der Waals surface area contributed by atoms with Crippen molar-refractivity contribution in [1.82, 2.24) is 14.5 Å². The maximum absolute atomic E-state index is 13.3. The summed E-state index contributed by atoms with van der Waals surface area (Å²) in [7, 11) is 1.45. The molecule has 2 aromatic carbocycles. The van der Waals surface area contributed by atoms with E-state index >= 15 is 0 Å². The van der Waals surface area contributed by atoms with Crippen LogP contribution in [0.4, 0.5) is 26.3 Å². The van der Waals surface area contributed by atoms with E-state index in [1.54, 1.807) is 31.2 Å². The number of para-hydroxylation sites is 1. The highest BCUT2D eigenvalue weighted by Crippen LogP contribution is 2.37. The molecule has 0 saturated heterocycles. The van der Waals surface area contributed by atoms with Crippen molar-refractivity contribution >= 4 is 16.8 Å². The predicted molar refractivity (Wildman–Crippen MR) is 113 cm³/mol. The fraction of sp³-hybridized carbons (Fsp3) is 0.348. The van der Waals surface area contributed by atoms with E-state index in [1.165, 1.54) is 18.5 Å². The Morgan fingerprint density at radius 3 is 2.06 bits per heavy atom. The number of rotatable bonds is 5. The molecule has 1 amide bonds. The zero-order valence-electron chi connectivity index (χ0n) is 18.5. The summed E-state index contributed by atoms with van der Waals surface area (Å²) in [6.07, 6.45) is -9.95. The zero-order valence-corrected chi connectivity index (χ0v) is 18.5. The van der Waals surface area contributed by atoms with Crippen LogP contribution >= 0.6 is 0 Å². The maximum atomic E-state index is 13.3.